The van der Waals surface area contributed by atoms with E-state index >= 15 is 0 Å². The molecule has 0 aromatic heterocycles. The van der Waals surface area contributed by atoms with E-state index in [0.29, 0.717) is 12.4 Å². The molecule has 0 fully saturated rings. The monoisotopic (exact) mass is 222 g/mol. The normalized spacial score (nSPS) is 12.2. The maximum Gasteiger partial charge on any atom is 0.316 e. The van der Waals surface area contributed by atoms with E-state index in [1.807, 2.05) is 44.2 Å². The number of benzene rings is 1. The molecule has 3 nitrogen and oxygen atoms in total. The number of ether oxygens (including phenoxy) is 2. The van der Waals surface area contributed by atoms with E-state index in [-0.39, 0.29) is 12.0 Å². The molecule has 0 saturated heterocycles. The molecule has 0 atom stereocenters. The number of allylic oxidation sites excluding steroid dienone is 1. The highest BCUT2D eigenvalue weighted by atomic mass is 16.6. The molecular formula is C13H18O3. The fourth-order valence-electron chi connectivity index (χ4n) is 1.13. The van der Waals surface area contributed by atoms with Crippen molar-refractivity contribution < 1.29 is 14.6 Å². The first-order valence-corrected chi connectivity index (χ1v) is 5.33. The molecule has 0 unspecified atom stereocenters. The lowest BCUT2D eigenvalue weighted by Crippen LogP contribution is -2.05. The zero-order chi connectivity index (χ0) is 12.0. The van der Waals surface area contributed by atoms with Gasteiger partial charge in [-0.1, -0.05) is 30.3 Å². The van der Waals surface area contributed by atoms with Crippen molar-refractivity contribution in [3.05, 3.63) is 47.6 Å². The molecule has 16 heavy (non-hydrogen) atoms. The average Bonchev–Trinajstić information content (AvgIpc) is 2.26. The highest BCUT2D eigenvalue weighted by Crippen LogP contribution is 2.10. The van der Waals surface area contributed by atoms with E-state index in [1.54, 1.807) is 6.92 Å². The standard InChI is InChI=1S/C13H18O3/c1-10(2)16-13(14)11(3)15-9-12-7-5-4-6-8-12/h4-8,10,14H,9H2,1-3H3/b13-11-. The summed E-state index contributed by atoms with van der Waals surface area (Å²) in [6.45, 7) is 5.81. The van der Waals surface area contributed by atoms with E-state index in [1.165, 1.54) is 0 Å². The van der Waals surface area contributed by atoms with Gasteiger partial charge < -0.3 is 14.6 Å². The second-order valence-electron chi connectivity index (χ2n) is 3.80. The quantitative estimate of drug-likeness (QED) is 0.776. The first-order chi connectivity index (χ1) is 7.59. The molecule has 0 saturated carbocycles. The SMILES string of the molecule is C/C(OCc1ccccc1)=C(\O)OC(C)C. The maximum atomic E-state index is 9.50. The first kappa shape index (κ1) is 12.4. The molecule has 1 rings (SSSR count). The predicted octanol–water partition coefficient (Wildman–Crippen LogP) is 3.38. The average molecular weight is 222 g/mol. The van der Waals surface area contributed by atoms with Crippen LogP contribution in [-0.2, 0) is 16.1 Å². The summed E-state index contributed by atoms with van der Waals surface area (Å²) >= 11 is 0. The van der Waals surface area contributed by atoms with E-state index < -0.39 is 0 Å². The second kappa shape index (κ2) is 6.05. The Morgan fingerprint density at radius 2 is 1.88 bits per heavy atom. The summed E-state index contributed by atoms with van der Waals surface area (Å²) in [5.74, 6) is 0.253. The molecular weight excluding hydrogens is 204 g/mol. The van der Waals surface area contributed by atoms with Crippen LogP contribution >= 0.6 is 0 Å². The van der Waals surface area contributed by atoms with Crippen molar-refractivity contribution in [2.75, 3.05) is 0 Å². The molecule has 0 aliphatic heterocycles. The lowest BCUT2D eigenvalue weighted by molar-refractivity contribution is 0.0263. The van der Waals surface area contributed by atoms with Gasteiger partial charge in [0.1, 0.15) is 6.61 Å². The molecule has 0 aliphatic carbocycles. The molecule has 1 aromatic carbocycles. The molecule has 0 amide bonds. The fraction of sp³-hybridized carbons (Fsp3) is 0.385. The third kappa shape index (κ3) is 4.26. The van der Waals surface area contributed by atoms with Crippen LogP contribution in [0.2, 0.25) is 0 Å². The molecule has 0 radical (unpaired) electrons. The summed E-state index contributed by atoms with van der Waals surface area (Å²) in [7, 11) is 0. The molecule has 0 aliphatic rings. The minimum absolute atomic E-state index is 0.0599. The summed E-state index contributed by atoms with van der Waals surface area (Å²) in [6, 6.07) is 9.78. The summed E-state index contributed by atoms with van der Waals surface area (Å²) in [5.41, 5.74) is 1.05. The molecule has 0 bridgehead atoms. The van der Waals surface area contributed by atoms with Gasteiger partial charge in [0.15, 0.2) is 5.76 Å². The van der Waals surface area contributed by atoms with Gasteiger partial charge >= 0.3 is 5.95 Å². The lowest BCUT2D eigenvalue weighted by Gasteiger charge is -2.12. The van der Waals surface area contributed by atoms with Gasteiger partial charge in [-0.3, -0.25) is 0 Å². The van der Waals surface area contributed by atoms with Crippen LogP contribution in [0, 0.1) is 0 Å². The van der Waals surface area contributed by atoms with Gasteiger partial charge in [0.05, 0.1) is 6.10 Å². The highest BCUT2D eigenvalue weighted by molar-refractivity contribution is 5.13. The zero-order valence-corrected chi connectivity index (χ0v) is 9.93. The summed E-state index contributed by atoms with van der Waals surface area (Å²) < 4.78 is 10.5. The fourth-order valence-corrected chi connectivity index (χ4v) is 1.13. The Bertz CT molecular complexity index is 341. The third-order valence-corrected chi connectivity index (χ3v) is 1.95. The zero-order valence-electron chi connectivity index (χ0n) is 9.93. The van der Waals surface area contributed by atoms with Gasteiger partial charge in [-0.05, 0) is 19.4 Å². The smallest absolute Gasteiger partial charge is 0.316 e. The number of aliphatic hydroxyl groups excluding tert-OH is 1. The number of aliphatic hydroxyl groups is 1. The van der Waals surface area contributed by atoms with E-state index in [4.69, 9.17) is 9.47 Å². The molecule has 88 valence electrons. The Morgan fingerprint density at radius 1 is 1.25 bits per heavy atom. The third-order valence-electron chi connectivity index (χ3n) is 1.95. The van der Waals surface area contributed by atoms with Gasteiger partial charge in [0.25, 0.3) is 0 Å². The maximum absolute atomic E-state index is 9.50. The van der Waals surface area contributed by atoms with Gasteiger partial charge in [0.2, 0.25) is 0 Å². The van der Waals surface area contributed by atoms with Crippen LogP contribution < -0.4 is 0 Å². The van der Waals surface area contributed by atoms with Crippen LogP contribution in [0.4, 0.5) is 0 Å². The largest absolute Gasteiger partial charge is 0.486 e. The van der Waals surface area contributed by atoms with Crippen molar-refractivity contribution in [3.63, 3.8) is 0 Å². The van der Waals surface area contributed by atoms with Crippen molar-refractivity contribution >= 4 is 0 Å². The van der Waals surface area contributed by atoms with Crippen LogP contribution in [0.15, 0.2) is 42.0 Å². The minimum Gasteiger partial charge on any atom is -0.486 e. The summed E-state index contributed by atoms with van der Waals surface area (Å²) in [4.78, 5) is 0. The Labute approximate surface area is 96.3 Å². The van der Waals surface area contributed by atoms with Gasteiger partial charge in [-0.2, -0.15) is 0 Å². The molecule has 0 heterocycles. The minimum atomic E-state index is -0.147. The van der Waals surface area contributed by atoms with Crippen molar-refractivity contribution in [2.24, 2.45) is 0 Å². The van der Waals surface area contributed by atoms with Crippen LogP contribution in [0.1, 0.15) is 26.3 Å². The Morgan fingerprint density at radius 3 is 2.44 bits per heavy atom. The van der Waals surface area contributed by atoms with Gasteiger partial charge in [-0.15, -0.1) is 0 Å². The summed E-state index contributed by atoms with van der Waals surface area (Å²) in [5, 5.41) is 9.50. The summed E-state index contributed by atoms with van der Waals surface area (Å²) in [6.07, 6.45) is -0.0599. The Hall–Kier alpha value is -1.64. The lowest BCUT2D eigenvalue weighted by atomic mass is 10.2. The number of rotatable bonds is 5. The molecule has 0 spiro atoms. The van der Waals surface area contributed by atoms with Gasteiger partial charge in [-0.25, -0.2) is 0 Å². The van der Waals surface area contributed by atoms with Crippen molar-refractivity contribution in [2.45, 2.75) is 33.5 Å². The van der Waals surface area contributed by atoms with Crippen molar-refractivity contribution in [1.29, 1.82) is 0 Å². The highest BCUT2D eigenvalue weighted by Gasteiger charge is 2.05. The van der Waals surface area contributed by atoms with Crippen molar-refractivity contribution in [3.8, 4) is 0 Å². The van der Waals surface area contributed by atoms with E-state index in [9.17, 15) is 5.11 Å². The van der Waals surface area contributed by atoms with Crippen LogP contribution in [-0.4, -0.2) is 11.2 Å². The predicted molar refractivity (Wildman–Crippen MR) is 62.8 cm³/mol. The first-order valence-electron chi connectivity index (χ1n) is 5.33. The number of hydrogen-bond acceptors (Lipinski definition) is 3. The van der Waals surface area contributed by atoms with Gasteiger partial charge in [0, 0.05) is 6.92 Å². The second-order valence-corrected chi connectivity index (χ2v) is 3.80. The van der Waals surface area contributed by atoms with Crippen LogP contribution in [0.3, 0.4) is 0 Å². The Balaban J connectivity index is 2.49. The molecule has 1 N–H and O–H groups in total. The molecule has 3 heteroatoms. The van der Waals surface area contributed by atoms with Crippen molar-refractivity contribution in [1.82, 2.24) is 0 Å². The molecule has 1 aromatic rings. The van der Waals surface area contributed by atoms with Crippen LogP contribution in [0.5, 0.6) is 0 Å². The van der Waals surface area contributed by atoms with E-state index in [0.717, 1.165) is 5.56 Å². The van der Waals surface area contributed by atoms with E-state index in [2.05, 4.69) is 0 Å². The van der Waals surface area contributed by atoms with Crippen LogP contribution in [0.25, 0.3) is 0 Å². The topological polar surface area (TPSA) is 38.7 Å². The number of hydrogen-bond donors (Lipinski definition) is 1. The Kier molecular flexibility index (Phi) is 4.70.